The fourth-order valence-electron chi connectivity index (χ4n) is 2.91. The van der Waals surface area contributed by atoms with Crippen molar-refractivity contribution in [2.75, 3.05) is 19.6 Å². The molecule has 3 heterocycles. The predicted octanol–water partition coefficient (Wildman–Crippen LogP) is 2.11. The van der Waals surface area contributed by atoms with Crippen LogP contribution in [0.2, 0.25) is 0 Å². The van der Waals surface area contributed by atoms with Crippen molar-refractivity contribution >= 4 is 23.2 Å². The van der Waals surface area contributed by atoms with Crippen LogP contribution < -0.4 is 5.32 Å². The van der Waals surface area contributed by atoms with Gasteiger partial charge in [0.25, 0.3) is 0 Å². The van der Waals surface area contributed by atoms with Gasteiger partial charge in [-0.25, -0.2) is 0 Å². The van der Waals surface area contributed by atoms with E-state index in [0.29, 0.717) is 37.0 Å². The van der Waals surface area contributed by atoms with Crippen molar-refractivity contribution in [3.63, 3.8) is 0 Å². The Morgan fingerprint density at radius 1 is 1.40 bits per heavy atom. The summed E-state index contributed by atoms with van der Waals surface area (Å²) in [6.45, 7) is 3.71. The lowest BCUT2D eigenvalue weighted by Gasteiger charge is -2.32. The Morgan fingerprint density at radius 2 is 2.20 bits per heavy atom. The summed E-state index contributed by atoms with van der Waals surface area (Å²) in [5, 5.41) is 8.77. The number of hydrogen-bond donors (Lipinski definition) is 1. The maximum absolute atomic E-state index is 12.3. The maximum Gasteiger partial charge on any atom is 0.227 e. The molecule has 1 aliphatic rings. The average Bonchev–Trinajstić information content (AvgIpc) is 3.29. The number of likely N-dealkylation sites (tertiary alicyclic amines) is 1. The van der Waals surface area contributed by atoms with Crippen molar-refractivity contribution in [3.8, 4) is 10.7 Å². The third-order valence-electron chi connectivity index (χ3n) is 4.37. The number of amides is 2. The van der Waals surface area contributed by atoms with Crippen LogP contribution in [-0.2, 0) is 16.0 Å². The number of aryl methyl sites for hydroxylation is 1. The van der Waals surface area contributed by atoms with Gasteiger partial charge in [0.1, 0.15) is 0 Å². The molecule has 1 saturated heterocycles. The van der Waals surface area contributed by atoms with Gasteiger partial charge in [0, 0.05) is 39.4 Å². The Hall–Kier alpha value is -2.22. The number of nitrogens with zero attached hydrogens (tertiary/aromatic N) is 3. The molecule has 0 saturated carbocycles. The van der Waals surface area contributed by atoms with Gasteiger partial charge >= 0.3 is 0 Å². The molecular formula is C17H22N4O3S. The number of aromatic nitrogens is 2. The molecule has 7 nitrogen and oxygen atoms in total. The smallest absolute Gasteiger partial charge is 0.227 e. The number of thiophene rings is 1. The van der Waals surface area contributed by atoms with Crippen molar-refractivity contribution in [1.82, 2.24) is 20.4 Å². The van der Waals surface area contributed by atoms with E-state index in [4.69, 9.17) is 4.52 Å². The molecule has 2 aromatic heterocycles. The molecule has 1 aliphatic heterocycles. The van der Waals surface area contributed by atoms with Gasteiger partial charge in [-0.3, -0.25) is 9.59 Å². The van der Waals surface area contributed by atoms with E-state index in [1.165, 1.54) is 6.92 Å². The molecule has 2 amide bonds. The molecule has 134 valence electrons. The molecule has 25 heavy (non-hydrogen) atoms. The molecule has 0 atom stereocenters. The predicted molar refractivity (Wildman–Crippen MR) is 93.9 cm³/mol. The van der Waals surface area contributed by atoms with Gasteiger partial charge in [0.05, 0.1) is 4.88 Å². The standard InChI is InChI=1S/C17H22N4O3S/c1-12(22)18-11-13-6-8-21(9-7-13)16(23)5-4-15-19-17(20-24-15)14-3-2-10-25-14/h2-3,10,13H,4-9,11H2,1H3,(H,18,22). The zero-order valence-electron chi connectivity index (χ0n) is 14.2. The third kappa shape index (κ3) is 4.88. The molecule has 0 aromatic carbocycles. The van der Waals surface area contributed by atoms with Crippen LogP contribution in [0, 0.1) is 5.92 Å². The normalized spacial score (nSPS) is 15.3. The van der Waals surface area contributed by atoms with Crippen molar-refractivity contribution in [1.29, 1.82) is 0 Å². The van der Waals surface area contributed by atoms with Crippen LogP contribution in [0.1, 0.15) is 32.1 Å². The number of hydrogen-bond acceptors (Lipinski definition) is 6. The number of carbonyl (C=O) groups is 2. The Kier molecular flexibility index (Phi) is 5.80. The molecule has 1 fully saturated rings. The van der Waals surface area contributed by atoms with Crippen molar-refractivity contribution in [2.24, 2.45) is 5.92 Å². The van der Waals surface area contributed by atoms with Crippen LogP contribution in [0.15, 0.2) is 22.0 Å². The van der Waals surface area contributed by atoms with Gasteiger partial charge in [0.2, 0.25) is 23.5 Å². The molecule has 0 spiro atoms. The van der Waals surface area contributed by atoms with E-state index in [1.807, 2.05) is 22.4 Å². The lowest BCUT2D eigenvalue weighted by atomic mass is 9.96. The van der Waals surface area contributed by atoms with Crippen LogP contribution in [0.25, 0.3) is 10.7 Å². The summed E-state index contributed by atoms with van der Waals surface area (Å²) in [7, 11) is 0. The van der Waals surface area contributed by atoms with Crippen molar-refractivity contribution in [2.45, 2.75) is 32.6 Å². The lowest BCUT2D eigenvalue weighted by Crippen LogP contribution is -2.41. The quantitative estimate of drug-likeness (QED) is 0.850. The second kappa shape index (κ2) is 8.24. The van der Waals surface area contributed by atoms with Gasteiger partial charge in [-0.15, -0.1) is 11.3 Å². The van der Waals surface area contributed by atoms with E-state index < -0.39 is 0 Å². The molecule has 2 aromatic rings. The monoisotopic (exact) mass is 362 g/mol. The Balaban J connectivity index is 1.42. The van der Waals surface area contributed by atoms with E-state index in [-0.39, 0.29) is 11.8 Å². The first kappa shape index (κ1) is 17.6. The van der Waals surface area contributed by atoms with Crippen molar-refractivity contribution < 1.29 is 14.1 Å². The Labute approximate surface area is 150 Å². The van der Waals surface area contributed by atoms with Gasteiger partial charge < -0.3 is 14.7 Å². The molecule has 3 rings (SSSR count). The first-order valence-electron chi connectivity index (χ1n) is 8.50. The first-order chi connectivity index (χ1) is 12.1. The topological polar surface area (TPSA) is 88.3 Å². The van der Waals surface area contributed by atoms with Gasteiger partial charge in [-0.1, -0.05) is 11.2 Å². The number of rotatable bonds is 6. The summed E-state index contributed by atoms with van der Waals surface area (Å²) in [6, 6.07) is 3.88. The van der Waals surface area contributed by atoms with Crippen LogP contribution >= 0.6 is 11.3 Å². The van der Waals surface area contributed by atoms with Gasteiger partial charge in [0.15, 0.2) is 0 Å². The lowest BCUT2D eigenvalue weighted by molar-refractivity contribution is -0.132. The fourth-order valence-corrected chi connectivity index (χ4v) is 3.56. The number of carbonyl (C=O) groups excluding carboxylic acids is 2. The zero-order chi connectivity index (χ0) is 17.6. The largest absolute Gasteiger partial charge is 0.356 e. The number of nitrogens with one attached hydrogen (secondary N) is 1. The molecule has 0 radical (unpaired) electrons. The molecule has 0 aliphatic carbocycles. The summed E-state index contributed by atoms with van der Waals surface area (Å²) < 4.78 is 5.23. The summed E-state index contributed by atoms with van der Waals surface area (Å²) in [5.41, 5.74) is 0. The minimum Gasteiger partial charge on any atom is -0.356 e. The SMILES string of the molecule is CC(=O)NCC1CCN(C(=O)CCc2nc(-c3cccs3)no2)CC1. The first-order valence-corrected chi connectivity index (χ1v) is 9.38. The highest BCUT2D eigenvalue weighted by atomic mass is 32.1. The zero-order valence-corrected chi connectivity index (χ0v) is 15.1. The van der Waals surface area contributed by atoms with Crippen molar-refractivity contribution in [3.05, 3.63) is 23.4 Å². The second-order valence-corrected chi connectivity index (χ2v) is 7.20. The van der Waals surface area contributed by atoms with Gasteiger partial charge in [-0.05, 0) is 30.2 Å². The van der Waals surface area contributed by atoms with Crippen LogP contribution in [0.3, 0.4) is 0 Å². The summed E-state index contributed by atoms with van der Waals surface area (Å²) >= 11 is 1.56. The summed E-state index contributed by atoms with van der Waals surface area (Å²) in [4.78, 5) is 30.5. The van der Waals surface area contributed by atoms with E-state index in [9.17, 15) is 9.59 Å². The van der Waals surface area contributed by atoms with Crippen LogP contribution in [0.4, 0.5) is 0 Å². The van der Waals surface area contributed by atoms with Crippen LogP contribution in [-0.4, -0.2) is 46.5 Å². The molecule has 8 heteroatoms. The minimum atomic E-state index is -0.0000176. The van der Waals surface area contributed by atoms with E-state index >= 15 is 0 Å². The minimum absolute atomic E-state index is 0.0000176. The second-order valence-electron chi connectivity index (χ2n) is 6.25. The molecule has 1 N–H and O–H groups in total. The molecule has 0 bridgehead atoms. The number of piperidine rings is 1. The molecular weight excluding hydrogens is 340 g/mol. The molecule has 0 unspecified atom stereocenters. The Bertz CT molecular complexity index is 705. The highest BCUT2D eigenvalue weighted by Gasteiger charge is 2.23. The maximum atomic E-state index is 12.3. The van der Waals surface area contributed by atoms with Crippen LogP contribution in [0.5, 0.6) is 0 Å². The third-order valence-corrected chi connectivity index (χ3v) is 5.24. The van der Waals surface area contributed by atoms with E-state index in [2.05, 4.69) is 15.5 Å². The van der Waals surface area contributed by atoms with E-state index in [1.54, 1.807) is 11.3 Å². The fraction of sp³-hybridized carbons (Fsp3) is 0.529. The summed E-state index contributed by atoms with van der Waals surface area (Å²) in [6.07, 6.45) is 2.69. The highest BCUT2D eigenvalue weighted by molar-refractivity contribution is 7.13. The average molecular weight is 362 g/mol. The van der Waals surface area contributed by atoms with Gasteiger partial charge in [-0.2, -0.15) is 4.98 Å². The van der Waals surface area contributed by atoms with E-state index in [0.717, 1.165) is 30.8 Å². The highest BCUT2D eigenvalue weighted by Crippen LogP contribution is 2.22. The summed E-state index contributed by atoms with van der Waals surface area (Å²) in [5.74, 6) is 1.65. The Morgan fingerprint density at radius 3 is 2.88 bits per heavy atom.